The van der Waals surface area contributed by atoms with Gasteiger partial charge < -0.3 is 5.73 Å². The number of amides is 1. The summed E-state index contributed by atoms with van der Waals surface area (Å²) in [5.41, 5.74) is 15.2. The molecule has 42 heavy (non-hydrogen) atoms. The Kier molecular flexibility index (Phi) is 8.65. The summed E-state index contributed by atoms with van der Waals surface area (Å²) in [6, 6.07) is 23.3. The molecule has 3 aromatic carbocycles. The highest BCUT2D eigenvalue weighted by atomic mass is 35.5. The molecule has 1 amide bonds. The smallest absolute Gasteiger partial charge is 0.250 e. The second-order valence-corrected chi connectivity index (χ2v) is 14.6. The number of rotatable bonds is 7. The topological polar surface area (TPSA) is 105 Å². The highest BCUT2D eigenvalue weighted by molar-refractivity contribution is 7.89. The van der Waals surface area contributed by atoms with Crippen molar-refractivity contribution in [2.24, 2.45) is 23.5 Å². The van der Waals surface area contributed by atoms with E-state index in [2.05, 4.69) is 35.1 Å². The summed E-state index contributed by atoms with van der Waals surface area (Å²) in [6.45, 7) is 0.828. The molecule has 2 aliphatic heterocycles. The lowest BCUT2D eigenvalue weighted by Gasteiger charge is -2.41. The van der Waals surface area contributed by atoms with E-state index in [0.29, 0.717) is 36.9 Å². The third-order valence-electron chi connectivity index (χ3n) is 9.54. The number of benzene rings is 3. The first kappa shape index (κ1) is 29.6. The molecule has 6 rings (SSSR count). The van der Waals surface area contributed by atoms with Crippen LogP contribution >= 0.6 is 23.2 Å². The van der Waals surface area contributed by atoms with Crippen molar-refractivity contribution in [1.82, 2.24) is 15.2 Å². The van der Waals surface area contributed by atoms with Crippen LogP contribution < -0.4 is 16.6 Å². The van der Waals surface area contributed by atoms with Crippen LogP contribution in [0, 0.1) is 17.8 Å². The van der Waals surface area contributed by atoms with Crippen molar-refractivity contribution in [3.05, 3.63) is 99.5 Å². The fourth-order valence-corrected chi connectivity index (χ4v) is 9.40. The van der Waals surface area contributed by atoms with Crippen LogP contribution in [0.25, 0.3) is 0 Å². The zero-order valence-corrected chi connectivity index (χ0v) is 25.6. The molecule has 0 aromatic heterocycles. The Morgan fingerprint density at radius 2 is 1.43 bits per heavy atom. The van der Waals surface area contributed by atoms with Crippen molar-refractivity contribution in [1.29, 1.82) is 0 Å². The van der Waals surface area contributed by atoms with Gasteiger partial charge in [-0.1, -0.05) is 59.6 Å². The van der Waals surface area contributed by atoms with Gasteiger partial charge in [-0.2, -0.15) is 4.31 Å². The van der Waals surface area contributed by atoms with Gasteiger partial charge in [-0.15, -0.1) is 0 Å². The maximum Gasteiger partial charge on any atom is 0.250 e. The minimum absolute atomic E-state index is 0.0118. The molecule has 4 unspecified atom stereocenters. The maximum atomic E-state index is 13.5. The van der Waals surface area contributed by atoms with Gasteiger partial charge in [-0.3, -0.25) is 15.6 Å². The van der Waals surface area contributed by atoms with Gasteiger partial charge in [0.1, 0.15) is 0 Å². The highest BCUT2D eigenvalue weighted by Crippen LogP contribution is 2.46. The largest absolute Gasteiger partial charge is 0.366 e. The molecule has 1 aliphatic carbocycles. The zero-order chi connectivity index (χ0) is 29.4. The molecule has 7 nitrogen and oxygen atoms in total. The number of hydrogen-bond acceptors (Lipinski definition) is 5. The minimum atomic E-state index is -3.82. The number of nitrogens with zero attached hydrogens (tertiary/aromatic N) is 1. The lowest BCUT2D eigenvalue weighted by molar-refractivity contribution is 0.0997. The van der Waals surface area contributed by atoms with E-state index >= 15 is 0 Å². The normalized spacial score (nSPS) is 25.4. The summed E-state index contributed by atoms with van der Waals surface area (Å²) in [7, 11) is -3.82. The Morgan fingerprint density at radius 1 is 0.833 bits per heavy atom. The van der Waals surface area contributed by atoms with E-state index in [1.807, 2.05) is 24.3 Å². The van der Waals surface area contributed by atoms with E-state index in [1.54, 1.807) is 12.1 Å². The number of fused-ring (bicyclic) bond motifs is 1. The molecular weight excluding hydrogens is 591 g/mol. The van der Waals surface area contributed by atoms with Crippen LogP contribution in [-0.2, 0) is 10.0 Å². The number of nitrogens with two attached hydrogens (primary N) is 1. The van der Waals surface area contributed by atoms with Crippen LogP contribution in [-0.4, -0.2) is 43.8 Å². The number of carbonyl (C=O) groups excluding carboxylic acids is 1. The number of primary amides is 1. The molecule has 2 saturated heterocycles. The Bertz CT molecular complexity index is 1480. The standard InChI is InChI=1S/C32H36Cl2N4O3S/c33-24-10-5-20(6-11-24)30(21-7-12-25(34)13-8-21)23-9-14-28-27(19-23)31(37-36-28)22-15-17-38(18-16-22)42(40,41)29-4-2-1-3-26(29)32(35)39/h1-8,10-13,22-23,27-28,30-31,36-37H,9,14-19H2,(H2,35,39). The van der Waals surface area contributed by atoms with Gasteiger partial charge in [0.25, 0.3) is 0 Å². The average Bonchev–Trinajstić information content (AvgIpc) is 3.43. The Balaban J connectivity index is 1.18. The number of piperidine rings is 1. The van der Waals surface area contributed by atoms with Gasteiger partial charge in [0.15, 0.2) is 0 Å². The number of hydrazine groups is 1. The SMILES string of the molecule is NC(=O)c1ccccc1S(=O)(=O)N1CCC(C2NNC3CCC(C(c4ccc(Cl)cc4)c4ccc(Cl)cc4)CC32)CC1. The van der Waals surface area contributed by atoms with E-state index in [9.17, 15) is 13.2 Å². The molecule has 3 fully saturated rings. The van der Waals surface area contributed by atoms with Crippen LogP contribution in [0.1, 0.15) is 59.5 Å². The summed E-state index contributed by atoms with van der Waals surface area (Å²) < 4.78 is 28.4. The summed E-state index contributed by atoms with van der Waals surface area (Å²) in [6.07, 6.45) is 4.75. The van der Waals surface area contributed by atoms with Crippen molar-refractivity contribution in [3.8, 4) is 0 Å². The lowest BCUT2D eigenvalue weighted by atomic mass is 9.66. The Hall–Kier alpha value is -2.46. The first-order valence-electron chi connectivity index (χ1n) is 14.6. The van der Waals surface area contributed by atoms with Crippen molar-refractivity contribution in [2.45, 2.75) is 55.0 Å². The van der Waals surface area contributed by atoms with Gasteiger partial charge in [-0.25, -0.2) is 8.42 Å². The average molecular weight is 628 g/mol. The van der Waals surface area contributed by atoms with Gasteiger partial charge >= 0.3 is 0 Å². The second-order valence-electron chi connectivity index (χ2n) is 11.8. The fourth-order valence-electron chi connectivity index (χ4n) is 7.48. The van der Waals surface area contributed by atoms with Crippen molar-refractivity contribution in [2.75, 3.05) is 13.1 Å². The third-order valence-corrected chi connectivity index (χ3v) is 12.0. The van der Waals surface area contributed by atoms with E-state index in [-0.39, 0.29) is 22.4 Å². The van der Waals surface area contributed by atoms with Crippen LogP contribution in [0.5, 0.6) is 0 Å². The van der Waals surface area contributed by atoms with E-state index in [4.69, 9.17) is 28.9 Å². The number of nitrogens with one attached hydrogen (secondary N) is 2. The first-order valence-corrected chi connectivity index (χ1v) is 16.8. The zero-order valence-electron chi connectivity index (χ0n) is 23.3. The molecule has 0 bridgehead atoms. The molecule has 3 aromatic rings. The van der Waals surface area contributed by atoms with Gasteiger partial charge in [0, 0.05) is 41.1 Å². The van der Waals surface area contributed by atoms with Gasteiger partial charge in [-0.05, 0) is 97.4 Å². The summed E-state index contributed by atoms with van der Waals surface area (Å²) >= 11 is 12.5. The number of halogens is 2. The molecular formula is C32H36Cl2N4O3S. The van der Waals surface area contributed by atoms with E-state index in [0.717, 1.165) is 42.1 Å². The summed E-state index contributed by atoms with van der Waals surface area (Å²) in [5, 5.41) is 1.46. The van der Waals surface area contributed by atoms with Crippen molar-refractivity contribution < 1.29 is 13.2 Å². The monoisotopic (exact) mass is 626 g/mol. The molecule has 4 N–H and O–H groups in total. The van der Waals surface area contributed by atoms with Crippen LogP contribution in [0.4, 0.5) is 0 Å². The molecule has 3 aliphatic rings. The predicted octanol–water partition coefficient (Wildman–Crippen LogP) is 5.59. The maximum absolute atomic E-state index is 13.5. The first-order chi connectivity index (χ1) is 20.2. The van der Waals surface area contributed by atoms with E-state index < -0.39 is 15.9 Å². The highest BCUT2D eigenvalue weighted by Gasteiger charge is 2.46. The molecule has 0 radical (unpaired) electrons. The molecule has 10 heteroatoms. The predicted molar refractivity (Wildman–Crippen MR) is 166 cm³/mol. The quantitative estimate of drug-likeness (QED) is 0.317. The Morgan fingerprint density at radius 3 is 2.02 bits per heavy atom. The minimum Gasteiger partial charge on any atom is -0.366 e. The third kappa shape index (κ3) is 5.85. The molecule has 4 atom stereocenters. The van der Waals surface area contributed by atoms with Gasteiger partial charge in [0.05, 0.1) is 10.5 Å². The second kappa shape index (κ2) is 12.3. The lowest BCUT2D eigenvalue weighted by Crippen LogP contribution is -2.46. The Labute approximate surface area is 257 Å². The molecule has 222 valence electrons. The van der Waals surface area contributed by atoms with Crippen LogP contribution in [0.15, 0.2) is 77.7 Å². The summed E-state index contributed by atoms with van der Waals surface area (Å²) in [5.74, 6) is 0.726. The van der Waals surface area contributed by atoms with E-state index in [1.165, 1.54) is 27.6 Å². The number of hydrogen-bond donors (Lipinski definition) is 3. The number of sulfonamides is 1. The van der Waals surface area contributed by atoms with Crippen molar-refractivity contribution >= 4 is 39.1 Å². The molecule has 0 spiro atoms. The van der Waals surface area contributed by atoms with Crippen molar-refractivity contribution in [3.63, 3.8) is 0 Å². The van der Waals surface area contributed by atoms with Crippen LogP contribution in [0.3, 0.4) is 0 Å². The fraction of sp³-hybridized carbons (Fsp3) is 0.406. The van der Waals surface area contributed by atoms with Gasteiger partial charge in [0.2, 0.25) is 15.9 Å². The van der Waals surface area contributed by atoms with Crippen LogP contribution in [0.2, 0.25) is 10.0 Å². The summed E-state index contributed by atoms with van der Waals surface area (Å²) in [4.78, 5) is 11.9. The molecule has 1 saturated carbocycles. The molecule has 2 heterocycles. The number of carbonyl (C=O) groups is 1.